The molecule has 0 aromatic carbocycles. The molecule has 7 nitrogen and oxygen atoms in total. The maximum atomic E-state index is 11.8. The summed E-state index contributed by atoms with van der Waals surface area (Å²) in [5, 5.41) is 5.12. The van der Waals surface area contributed by atoms with Gasteiger partial charge in [-0.2, -0.15) is 0 Å². The Bertz CT molecular complexity index is 559. The predicted molar refractivity (Wildman–Crippen MR) is 75.7 cm³/mol. The number of aryl methyl sites for hydroxylation is 4. The number of carbonyl (C=O) groups is 1. The fourth-order valence-corrected chi connectivity index (χ4v) is 1.80. The van der Waals surface area contributed by atoms with E-state index in [0.717, 1.165) is 22.8 Å². The van der Waals surface area contributed by atoms with E-state index in [9.17, 15) is 4.79 Å². The molecule has 0 fully saturated rings. The number of rotatable bonds is 2. The molecule has 2 N–H and O–H groups in total. The van der Waals surface area contributed by atoms with Crippen LogP contribution in [0.3, 0.4) is 0 Å². The number of nitrogens with zero attached hydrogens (tertiary/aromatic N) is 4. The molecule has 0 unspecified atom stereocenters. The zero-order chi connectivity index (χ0) is 14.7. The SMILES string of the molecule is Cc1cc(C)nc(NC(=O)Nc2nc(C)cc(C)n2)n1. The van der Waals surface area contributed by atoms with E-state index >= 15 is 0 Å². The van der Waals surface area contributed by atoms with Gasteiger partial charge in [-0.3, -0.25) is 10.6 Å². The number of nitrogens with one attached hydrogen (secondary N) is 2. The molecule has 0 saturated carbocycles. The summed E-state index contributed by atoms with van der Waals surface area (Å²) in [5.41, 5.74) is 3.15. The van der Waals surface area contributed by atoms with Gasteiger partial charge in [0.1, 0.15) is 0 Å². The van der Waals surface area contributed by atoms with Gasteiger partial charge in [0.25, 0.3) is 0 Å². The van der Waals surface area contributed by atoms with Gasteiger partial charge in [-0.25, -0.2) is 24.7 Å². The third-order valence-electron chi connectivity index (χ3n) is 2.42. The van der Waals surface area contributed by atoms with E-state index in [0.29, 0.717) is 0 Å². The van der Waals surface area contributed by atoms with Crippen LogP contribution >= 0.6 is 0 Å². The molecule has 0 aliphatic rings. The van der Waals surface area contributed by atoms with Gasteiger partial charge in [0, 0.05) is 22.8 Å². The molecule has 2 aromatic rings. The van der Waals surface area contributed by atoms with Crippen molar-refractivity contribution in [2.75, 3.05) is 10.6 Å². The third-order valence-corrected chi connectivity index (χ3v) is 2.42. The van der Waals surface area contributed by atoms with Crippen molar-refractivity contribution in [2.45, 2.75) is 27.7 Å². The van der Waals surface area contributed by atoms with Gasteiger partial charge in [-0.15, -0.1) is 0 Å². The normalized spacial score (nSPS) is 10.2. The Morgan fingerprint density at radius 2 is 1.05 bits per heavy atom. The number of hydrogen-bond donors (Lipinski definition) is 2. The first-order valence-corrected chi connectivity index (χ1v) is 6.15. The number of hydrogen-bond acceptors (Lipinski definition) is 5. The van der Waals surface area contributed by atoms with Crippen molar-refractivity contribution < 1.29 is 4.79 Å². The van der Waals surface area contributed by atoms with E-state index in [1.165, 1.54) is 0 Å². The first-order chi connectivity index (χ1) is 9.42. The number of anilines is 2. The summed E-state index contributed by atoms with van der Waals surface area (Å²) in [6, 6.07) is 3.19. The second kappa shape index (κ2) is 5.60. The first kappa shape index (κ1) is 13.9. The number of aromatic nitrogens is 4. The van der Waals surface area contributed by atoms with Crippen molar-refractivity contribution in [3.8, 4) is 0 Å². The van der Waals surface area contributed by atoms with E-state index in [1.807, 2.05) is 39.8 Å². The van der Waals surface area contributed by atoms with Crippen molar-refractivity contribution in [3.05, 3.63) is 34.9 Å². The molecule has 0 bridgehead atoms. The minimum absolute atomic E-state index is 0.254. The average Bonchev–Trinajstić information content (AvgIpc) is 2.24. The molecule has 0 aliphatic carbocycles. The highest BCUT2D eigenvalue weighted by molar-refractivity contribution is 5.97. The topological polar surface area (TPSA) is 92.7 Å². The molecule has 104 valence electrons. The quantitative estimate of drug-likeness (QED) is 0.873. The van der Waals surface area contributed by atoms with Gasteiger partial charge in [0.15, 0.2) is 0 Å². The fraction of sp³-hybridized carbons (Fsp3) is 0.308. The minimum Gasteiger partial charge on any atom is -0.276 e. The van der Waals surface area contributed by atoms with Crippen LogP contribution in [0.4, 0.5) is 16.7 Å². The number of carbonyl (C=O) groups excluding carboxylic acids is 1. The molecule has 20 heavy (non-hydrogen) atoms. The van der Waals surface area contributed by atoms with Crippen molar-refractivity contribution in [2.24, 2.45) is 0 Å². The highest BCUT2D eigenvalue weighted by Crippen LogP contribution is 2.06. The molecule has 0 spiro atoms. The summed E-state index contributed by atoms with van der Waals surface area (Å²) >= 11 is 0. The molecule has 2 aromatic heterocycles. The third kappa shape index (κ3) is 3.71. The molecule has 7 heteroatoms. The van der Waals surface area contributed by atoms with Crippen LogP contribution in [-0.4, -0.2) is 26.0 Å². The van der Waals surface area contributed by atoms with Gasteiger partial charge >= 0.3 is 6.03 Å². The minimum atomic E-state index is -0.472. The van der Waals surface area contributed by atoms with E-state index in [-0.39, 0.29) is 11.9 Å². The summed E-state index contributed by atoms with van der Waals surface area (Å²) in [6.07, 6.45) is 0. The van der Waals surface area contributed by atoms with E-state index < -0.39 is 6.03 Å². The molecule has 0 radical (unpaired) electrons. The standard InChI is InChI=1S/C13H16N6O/c1-7-5-8(2)15-11(14-7)18-13(20)19-12-16-9(3)6-10(4)17-12/h5-6H,1-4H3,(H2,14,15,16,17,18,19,20). The zero-order valence-corrected chi connectivity index (χ0v) is 11.9. The Morgan fingerprint density at radius 3 is 1.35 bits per heavy atom. The molecule has 2 amide bonds. The Hall–Kier alpha value is -2.57. The van der Waals surface area contributed by atoms with Crippen LogP contribution in [0.1, 0.15) is 22.8 Å². The summed E-state index contributed by atoms with van der Waals surface area (Å²) < 4.78 is 0. The van der Waals surface area contributed by atoms with Gasteiger partial charge < -0.3 is 0 Å². The smallest absolute Gasteiger partial charge is 0.276 e. The molecule has 0 aliphatic heterocycles. The Labute approximate surface area is 116 Å². The van der Waals surface area contributed by atoms with Crippen LogP contribution in [0.15, 0.2) is 12.1 Å². The monoisotopic (exact) mass is 272 g/mol. The Morgan fingerprint density at radius 1 is 0.750 bits per heavy atom. The highest BCUT2D eigenvalue weighted by Gasteiger charge is 2.08. The lowest BCUT2D eigenvalue weighted by Gasteiger charge is -2.07. The van der Waals surface area contributed by atoms with Crippen molar-refractivity contribution >= 4 is 17.9 Å². The summed E-state index contributed by atoms with van der Waals surface area (Å²) in [5.74, 6) is 0.508. The lowest BCUT2D eigenvalue weighted by molar-refractivity contribution is 0.262. The van der Waals surface area contributed by atoms with E-state index in [1.54, 1.807) is 0 Å². The second-order valence-corrected chi connectivity index (χ2v) is 4.53. The summed E-state index contributed by atoms with van der Waals surface area (Å²) in [6.45, 7) is 7.35. The molecule has 2 rings (SSSR count). The first-order valence-electron chi connectivity index (χ1n) is 6.15. The van der Waals surface area contributed by atoms with Crippen molar-refractivity contribution in [1.82, 2.24) is 19.9 Å². The van der Waals surface area contributed by atoms with Crippen LogP contribution in [0, 0.1) is 27.7 Å². The lowest BCUT2D eigenvalue weighted by atomic mass is 10.4. The molecular formula is C13H16N6O. The van der Waals surface area contributed by atoms with Gasteiger partial charge in [0.05, 0.1) is 0 Å². The van der Waals surface area contributed by atoms with Crippen molar-refractivity contribution in [3.63, 3.8) is 0 Å². The molecular weight excluding hydrogens is 256 g/mol. The average molecular weight is 272 g/mol. The van der Waals surface area contributed by atoms with Crippen LogP contribution in [0.5, 0.6) is 0 Å². The maximum Gasteiger partial charge on any atom is 0.328 e. The van der Waals surface area contributed by atoms with Crippen LogP contribution in [0.25, 0.3) is 0 Å². The molecule has 2 heterocycles. The Kier molecular flexibility index (Phi) is 3.88. The number of amides is 2. The summed E-state index contributed by atoms with van der Waals surface area (Å²) in [4.78, 5) is 28.4. The van der Waals surface area contributed by atoms with Crippen LogP contribution < -0.4 is 10.6 Å². The van der Waals surface area contributed by atoms with E-state index in [2.05, 4.69) is 30.6 Å². The zero-order valence-electron chi connectivity index (χ0n) is 11.9. The Balaban J connectivity index is 2.08. The van der Waals surface area contributed by atoms with Gasteiger partial charge in [0.2, 0.25) is 11.9 Å². The summed E-state index contributed by atoms with van der Waals surface area (Å²) in [7, 11) is 0. The lowest BCUT2D eigenvalue weighted by Crippen LogP contribution is -2.22. The molecule has 0 saturated heterocycles. The molecule has 0 atom stereocenters. The highest BCUT2D eigenvalue weighted by atomic mass is 16.2. The van der Waals surface area contributed by atoms with E-state index in [4.69, 9.17) is 0 Å². The second-order valence-electron chi connectivity index (χ2n) is 4.53. The van der Waals surface area contributed by atoms with Crippen LogP contribution in [0.2, 0.25) is 0 Å². The predicted octanol–water partition coefficient (Wildman–Crippen LogP) is 2.14. The maximum absolute atomic E-state index is 11.8. The fourth-order valence-electron chi connectivity index (χ4n) is 1.80. The van der Waals surface area contributed by atoms with Gasteiger partial charge in [-0.1, -0.05) is 0 Å². The van der Waals surface area contributed by atoms with Crippen LogP contribution in [-0.2, 0) is 0 Å². The van der Waals surface area contributed by atoms with Gasteiger partial charge in [-0.05, 0) is 39.8 Å². The largest absolute Gasteiger partial charge is 0.328 e. The van der Waals surface area contributed by atoms with Crippen molar-refractivity contribution in [1.29, 1.82) is 0 Å². The number of urea groups is 1.